The summed E-state index contributed by atoms with van der Waals surface area (Å²) in [6, 6.07) is 23.8. The SMILES string of the molecule is CS(=O)(=O)c1cccc(-c2ccnc3ccc(-c4cnc(Cl)c(NS(=O)(=O)c5ccccc5)c4)cc23)c1. The van der Waals surface area contributed by atoms with E-state index in [0.29, 0.717) is 5.56 Å². The Morgan fingerprint density at radius 1 is 0.730 bits per heavy atom. The zero-order valence-corrected chi connectivity index (χ0v) is 21.8. The lowest BCUT2D eigenvalue weighted by molar-refractivity contribution is 0.600. The van der Waals surface area contributed by atoms with Gasteiger partial charge in [-0.05, 0) is 65.2 Å². The quantitative estimate of drug-likeness (QED) is 0.267. The highest BCUT2D eigenvalue weighted by Gasteiger charge is 2.17. The summed E-state index contributed by atoms with van der Waals surface area (Å²) in [5.74, 6) is 0. The number of nitrogens with one attached hydrogen (secondary N) is 1. The second-order valence-corrected chi connectivity index (χ2v) is 12.4. The van der Waals surface area contributed by atoms with E-state index in [1.165, 1.54) is 18.4 Å². The maximum absolute atomic E-state index is 12.8. The van der Waals surface area contributed by atoms with Gasteiger partial charge in [-0.1, -0.05) is 48.0 Å². The molecule has 37 heavy (non-hydrogen) atoms. The Bertz CT molecular complexity index is 1860. The van der Waals surface area contributed by atoms with Crippen LogP contribution in [-0.2, 0) is 19.9 Å². The number of rotatable bonds is 6. The summed E-state index contributed by atoms with van der Waals surface area (Å²) in [5, 5.41) is 0.816. The van der Waals surface area contributed by atoms with Crippen molar-refractivity contribution in [2.24, 2.45) is 0 Å². The normalized spacial score (nSPS) is 11.9. The topological polar surface area (TPSA) is 106 Å². The molecule has 0 aliphatic heterocycles. The van der Waals surface area contributed by atoms with Crippen LogP contribution in [0, 0.1) is 0 Å². The molecule has 0 aliphatic carbocycles. The van der Waals surface area contributed by atoms with E-state index in [2.05, 4.69) is 14.7 Å². The van der Waals surface area contributed by atoms with Gasteiger partial charge in [-0.3, -0.25) is 9.71 Å². The number of sulfone groups is 1. The van der Waals surface area contributed by atoms with E-state index in [1.807, 2.05) is 30.3 Å². The minimum Gasteiger partial charge on any atom is -0.276 e. The average Bonchev–Trinajstić information content (AvgIpc) is 2.89. The number of pyridine rings is 2. The summed E-state index contributed by atoms with van der Waals surface area (Å²) < 4.78 is 52.3. The molecular formula is C27H20ClN3O4S2. The van der Waals surface area contributed by atoms with Gasteiger partial charge in [0.15, 0.2) is 15.0 Å². The molecule has 0 saturated carbocycles. The van der Waals surface area contributed by atoms with Gasteiger partial charge in [-0.15, -0.1) is 0 Å². The largest absolute Gasteiger partial charge is 0.276 e. The summed E-state index contributed by atoms with van der Waals surface area (Å²) in [7, 11) is -7.24. The molecule has 0 bridgehead atoms. The fourth-order valence-corrected chi connectivity index (χ4v) is 5.90. The molecule has 1 N–H and O–H groups in total. The van der Waals surface area contributed by atoms with Gasteiger partial charge < -0.3 is 0 Å². The molecule has 0 aliphatic rings. The van der Waals surface area contributed by atoms with E-state index in [4.69, 9.17) is 11.6 Å². The lowest BCUT2D eigenvalue weighted by Gasteiger charge is -2.12. The van der Waals surface area contributed by atoms with Gasteiger partial charge in [0.25, 0.3) is 10.0 Å². The zero-order valence-electron chi connectivity index (χ0n) is 19.5. The predicted molar refractivity (Wildman–Crippen MR) is 146 cm³/mol. The Kier molecular flexibility index (Phi) is 6.45. The van der Waals surface area contributed by atoms with Crippen LogP contribution in [0.3, 0.4) is 0 Å². The van der Waals surface area contributed by atoms with Gasteiger partial charge in [-0.25, -0.2) is 21.8 Å². The smallest absolute Gasteiger partial charge is 0.261 e. The molecule has 2 heterocycles. The summed E-state index contributed by atoms with van der Waals surface area (Å²) in [6.07, 6.45) is 4.40. The number of nitrogens with zero attached hydrogens (tertiary/aromatic N) is 2. The molecule has 5 aromatic rings. The number of anilines is 1. The Morgan fingerprint density at radius 2 is 1.49 bits per heavy atom. The zero-order chi connectivity index (χ0) is 26.2. The molecule has 0 saturated heterocycles. The first-order valence-electron chi connectivity index (χ1n) is 11.0. The molecule has 0 atom stereocenters. The maximum atomic E-state index is 12.8. The number of halogens is 1. The number of fused-ring (bicyclic) bond motifs is 1. The van der Waals surface area contributed by atoms with Crippen LogP contribution in [-0.4, -0.2) is 33.1 Å². The molecule has 7 nitrogen and oxygen atoms in total. The molecule has 0 spiro atoms. The van der Waals surface area contributed by atoms with Crippen LogP contribution >= 0.6 is 11.6 Å². The van der Waals surface area contributed by atoms with Crippen molar-refractivity contribution in [3.8, 4) is 22.3 Å². The first kappa shape index (κ1) is 24.9. The van der Waals surface area contributed by atoms with Crippen molar-refractivity contribution in [2.45, 2.75) is 9.79 Å². The first-order chi connectivity index (χ1) is 17.6. The summed E-state index contributed by atoms with van der Waals surface area (Å²) in [4.78, 5) is 8.96. The minimum absolute atomic E-state index is 0.0176. The highest BCUT2D eigenvalue weighted by molar-refractivity contribution is 7.92. The third-order valence-electron chi connectivity index (χ3n) is 5.78. The Balaban J connectivity index is 1.58. The monoisotopic (exact) mass is 549 g/mol. The second kappa shape index (κ2) is 9.59. The van der Waals surface area contributed by atoms with Crippen LogP contribution < -0.4 is 4.72 Å². The van der Waals surface area contributed by atoms with Gasteiger partial charge in [0.1, 0.15) is 0 Å². The van der Waals surface area contributed by atoms with Crippen LogP contribution in [0.5, 0.6) is 0 Å². The van der Waals surface area contributed by atoms with Crippen molar-refractivity contribution in [1.29, 1.82) is 0 Å². The summed E-state index contributed by atoms with van der Waals surface area (Å²) >= 11 is 6.23. The lowest BCUT2D eigenvalue weighted by atomic mass is 9.98. The van der Waals surface area contributed by atoms with E-state index in [9.17, 15) is 16.8 Å². The Hall–Kier alpha value is -3.79. The van der Waals surface area contributed by atoms with Crippen LogP contribution in [0.2, 0.25) is 5.15 Å². The molecule has 10 heteroatoms. The van der Waals surface area contributed by atoms with Crippen molar-refractivity contribution in [3.05, 3.63) is 102 Å². The number of hydrogen-bond acceptors (Lipinski definition) is 6. The molecule has 3 aromatic carbocycles. The molecule has 5 rings (SSSR count). The third-order valence-corrected chi connectivity index (χ3v) is 8.58. The van der Waals surface area contributed by atoms with Crippen molar-refractivity contribution in [2.75, 3.05) is 11.0 Å². The minimum atomic E-state index is -3.86. The van der Waals surface area contributed by atoms with Gasteiger partial charge in [0.05, 0.1) is 21.0 Å². The van der Waals surface area contributed by atoms with Crippen LogP contribution in [0.1, 0.15) is 0 Å². The fourth-order valence-electron chi connectivity index (χ4n) is 3.95. The van der Waals surface area contributed by atoms with E-state index >= 15 is 0 Å². The summed E-state index contributed by atoms with van der Waals surface area (Å²) in [6.45, 7) is 0. The van der Waals surface area contributed by atoms with E-state index in [-0.39, 0.29) is 20.6 Å². The molecule has 0 fully saturated rings. The van der Waals surface area contributed by atoms with Crippen LogP contribution in [0.15, 0.2) is 107 Å². The van der Waals surface area contributed by atoms with E-state index < -0.39 is 19.9 Å². The molecule has 0 unspecified atom stereocenters. The number of aromatic nitrogens is 2. The van der Waals surface area contributed by atoms with Crippen molar-refractivity contribution < 1.29 is 16.8 Å². The molecule has 0 amide bonds. The van der Waals surface area contributed by atoms with Crippen molar-refractivity contribution in [3.63, 3.8) is 0 Å². The Labute approximate surface area is 219 Å². The predicted octanol–water partition coefficient (Wildman–Crippen LogP) is 5.82. The van der Waals surface area contributed by atoms with Gasteiger partial charge >= 0.3 is 0 Å². The van der Waals surface area contributed by atoms with Crippen molar-refractivity contribution >= 4 is 48.1 Å². The first-order valence-corrected chi connectivity index (χ1v) is 14.8. The standard InChI is InChI=1S/C27H20ClN3O4S2/c1-36(32,33)22-9-5-6-19(14-22)23-12-13-29-25-11-10-18(15-24(23)25)20-16-26(27(28)30-17-20)31-37(34,35)21-7-3-2-4-8-21/h2-17,31H,1H3. The lowest BCUT2D eigenvalue weighted by Crippen LogP contribution is -2.13. The fraction of sp³-hybridized carbons (Fsp3) is 0.0370. The van der Waals surface area contributed by atoms with Gasteiger partial charge in [0, 0.05) is 29.6 Å². The number of benzene rings is 3. The van der Waals surface area contributed by atoms with E-state index in [1.54, 1.807) is 54.9 Å². The maximum Gasteiger partial charge on any atom is 0.261 e. The van der Waals surface area contributed by atoms with Crippen LogP contribution in [0.4, 0.5) is 5.69 Å². The van der Waals surface area contributed by atoms with Crippen LogP contribution in [0.25, 0.3) is 33.2 Å². The Morgan fingerprint density at radius 3 is 2.24 bits per heavy atom. The van der Waals surface area contributed by atoms with Crippen molar-refractivity contribution in [1.82, 2.24) is 9.97 Å². The molecule has 0 radical (unpaired) electrons. The van der Waals surface area contributed by atoms with Gasteiger partial charge in [-0.2, -0.15) is 0 Å². The second-order valence-electron chi connectivity index (χ2n) is 8.37. The highest BCUT2D eigenvalue weighted by Crippen LogP contribution is 2.34. The molecule has 2 aromatic heterocycles. The molecule has 186 valence electrons. The van der Waals surface area contributed by atoms with Gasteiger partial charge in [0.2, 0.25) is 0 Å². The average molecular weight is 550 g/mol. The van der Waals surface area contributed by atoms with E-state index in [0.717, 1.165) is 27.6 Å². The third kappa shape index (κ3) is 5.20. The highest BCUT2D eigenvalue weighted by atomic mass is 35.5. The number of sulfonamides is 1. The molecular weight excluding hydrogens is 530 g/mol. The summed E-state index contributed by atoms with van der Waals surface area (Å²) in [5.41, 5.74) is 3.80. The number of hydrogen-bond donors (Lipinski definition) is 1.